The Balaban J connectivity index is 2.81. The molecule has 0 spiro atoms. The summed E-state index contributed by atoms with van der Waals surface area (Å²) in [4.78, 5) is 4.20. The van der Waals surface area contributed by atoms with Crippen LogP contribution < -0.4 is 10.0 Å². The molecule has 16 heavy (non-hydrogen) atoms. The number of sulfonamides is 1. The molecule has 0 saturated heterocycles. The van der Waals surface area contributed by atoms with Gasteiger partial charge in [-0.15, -0.1) is 0 Å². The zero-order chi connectivity index (χ0) is 12.0. The lowest BCUT2D eigenvalue weighted by Gasteiger charge is -2.07. The van der Waals surface area contributed by atoms with Gasteiger partial charge in [-0.25, -0.2) is 18.1 Å². The maximum absolute atomic E-state index is 11.8. The number of unbranched alkanes of at least 4 members (excludes halogenated alkanes) is 1. The zero-order valence-electron chi connectivity index (χ0n) is 9.53. The predicted molar refractivity (Wildman–Crippen MR) is 63.9 cm³/mol. The smallest absolute Gasteiger partial charge is 0.240 e. The number of anilines is 1. The van der Waals surface area contributed by atoms with Crippen LogP contribution in [0.4, 0.5) is 5.82 Å². The van der Waals surface area contributed by atoms with E-state index in [1.165, 1.54) is 18.3 Å². The molecule has 0 bridgehead atoms. The first kappa shape index (κ1) is 12.9. The summed E-state index contributed by atoms with van der Waals surface area (Å²) in [5.41, 5.74) is 0. The summed E-state index contributed by atoms with van der Waals surface area (Å²) in [5, 5.41) is 2.80. The summed E-state index contributed by atoms with van der Waals surface area (Å²) in [7, 11) is -1.70. The van der Waals surface area contributed by atoms with Gasteiger partial charge in [0.1, 0.15) is 5.82 Å². The third-order valence-corrected chi connectivity index (χ3v) is 3.58. The Labute approximate surface area is 96.3 Å². The SMILES string of the molecule is CCCCNS(=O)(=O)c1ccnc(NC)c1. The molecule has 0 atom stereocenters. The Morgan fingerprint density at radius 2 is 2.19 bits per heavy atom. The molecular weight excluding hydrogens is 226 g/mol. The fourth-order valence-corrected chi connectivity index (χ4v) is 2.27. The van der Waals surface area contributed by atoms with Crippen molar-refractivity contribution in [3.8, 4) is 0 Å². The molecule has 2 N–H and O–H groups in total. The minimum Gasteiger partial charge on any atom is -0.373 e. The van der Waals surface area contributed by atoms with Crippen LogP contribution >= 0.6 is 0 Å². The van der Waals surface area contributed by atoms with Gasteiger partial charge in [-0.05, 0) is 12.5 Å². The molecule has 1 rings (SSSR count). The maximum Gasteiger partial charge on any atom is 0.240 e. The third kappa shape index (κ3) is 3.46. The lowest BCUT2D eigenvalue weighted by molar-refractivity contribution is 0.578. The third-order valence-electron chi connectivity index (χ3n) is 2.12. The fourth-order valence-electron chi connectivity index (χ4n) is 1.18. The van der Waals surface area contributed by atoms with Gasteiger partial charge in [0.05, 0.1) is 4.90 Å². The van der Waals surface area contributed by atoms with Gasteiger partial charge in [-0.3, -0.25) is 0 Å². The first-order chi connectivity index (χ1) is 7.60. The van der Waals surface area contributed by atoms with Crippen LogP contribution in [0.5, 0.6) is 0 Å². The van der Waals surface area contributed by atoms with Crippen LogP contribution in [-0.4, -0.2) is 27.0 Å². The van der Waals surface area contributed by atoms with E-state index in [-0.39, 0.29) is 4.90 Å². The quantitative estimate of drug-likeness (QED) is 0.737. The second-order valence-electron chi connectivity index (χ2n) is 3.38. The number of nitrogens with zero attached hydrogens (tertiary/aromatic N) is 1. The Bertz CT molecular complexity index is 431. The van der Waals surface area contributed by atoms with E-state index in [4.69, 9.17) is 0 Å². The number of hydrogen-bond donors (Lipinski definition) is 2. The minimum atomic E-state index is -3.40. The van der Waals surface area contributed by atoms with E-state index < -0.39 is 10.0 Å². The normalized spacial score (nSPS) is 11.4. The molecule has 6 heteroatoms. The molecule has 0 fully saturated rings. The van der Waals surface area contributed by atoms with Gasteiger partial charge in [-0.2, -0.15) is 0 Å². The van der Waals surface area contributed by atoms with Crippen LogP contribution in [0.25, 0.3) is 0 Å². The van der Waals surface area contributed by atoms with E-state index in [9.17, 15) is 8.42 Å². The van der Waals surface area contributed by atoms with Gasteiger partial charge < -0.3 is 5.32 Å². The van der Waals surface area contributed by atoms with Crippen LogP contribution in [0.15, 0.2) is 23.2 Å². The molecule has 1 aromatic heterocycles. The molecule has 0 radical (unpaired) electrons. The highest BCUT2D eigenvalue weighted by Gasteiger charge is 2.13. The van der Waals surface area contributed by atoms with E-state index in [2.05, 4.69) is 15.0 Å². The fraction of sp³-hybridized carbons (Fsp3) is 0.500. The minimum absolute atomic E-state index is 0.239. The summed E-state index contributed by atoms with van der Waals surface area (Å²) >= 11 is 0. The average Bonchev–Trinajstić information content (AvgIpc) is 2.29. The molecule has 0 aliphatic rings. The van der Waals surface area contributed by atoms with Crippen molar-refractivity contribution in [2.24, 2.45) is 0 Å². The second-order valence-corrected chi connectivity index (χ2v) is 5.15. The largest absolute Gasteiger partial charge is 0.373 e. The number of rotatable bonds is 6. The molecule has 0 unspecified atom stereocenters. The van der Waals surface area contributed by atoms with Crippen LogP contribution in [0, 0.1) is 0 Å². The summed E-state index contributed by atoms with van der Waals surface area (Å²) < 4.78 is 26.2. The molecular formula is C10H17N3O2S. The average molecular weight is 243 g/mol. The number of nitrogens with one attached hydrogen (secondary N) is 2. The van der Waals surface area contributed by atoms with Crippen LogP contribution in [0.2, 0.25) is 0 Å². The van der Waals surface area contributed by atoms with E-state index in [1.807, 2.05) is 6.92 Å². The maximum atomic E-state index is 11.8. The van der Waals surface area contributed by atoms with E-state index >= 15 is 0 Å². The van der Waals surface area contributed by atoms with Gasteiger partial charge in [0.15, 0.2) is 0 Å². The van der Waals surface area contributed by atoms with Crippen LogP contribution in [-0.2, 0) is 10.0 Å². The summed E-state index contributed by atoms with van der Waals surface area (Å²) in [6, 6.07) is 2.99. The molecule has 0 amide bonds. The zero-order valence-corrected chi connectivity index (χ0v) is 10.3. The van der Waals surface area contributed by atoms with Crippen molar-refractivity contribution < 1.29 is 8.42 Å². The monoisotopic (exact) mass is 243 g/mol. The van der Waals surface area contributed by atoms with E-state index in [1.54, 1.807) is 7.05 Å². The Morgan fingerprint density at radius 1 is 1.44 bits per heavy atom. The summed E-state index contributed by atoms with van der Waals surface area (Å²) in [5.74, 6) is 0.540. The predicted octanol–water partition coefficient (Wildman–Crippen LogP) is 1.20. The molecule has 1 heterocycles. The molecule has 0 saturated carbocycles. The van der Waals surface area contributed by atoms with Gasteiger partial charge >= 0.3 is 0 Å². The number of aromatic nitrogens is 1. The van der Waals surface area contributed by atoms with Crippen molar-refractivity contribution >= 4 is 15.8 Å². The van der Waals surface area contributed by atoms with Crippen LogP contribution in [0.3, 0.4) is 0 Å². The molecule has 0 aliphatic carbocycles. The molecule has 0 aromatic carbocycles. The highest BCUT2D eigenvalue weighted by Crippen LogP contribution is 2.11. The molecule has 1 aromatic rings. The van der Waals surface area contributed by atoms with E-state index in [0.29, 0.717) is 12.4 Å². The first-order valence-corrected chi connectivity index (χ1v) is 6.72. The topological polar surface area (TPSA) is 71.1 Å². The Morgan fingerprint density at radius 3 is 2.81 bits per heavy atom. The standard InChI is InChI=1S/C10H17N3O2S/c1-3-4-6-13-16(14,15)9-5-7-12-10(8-9)11-2/h5,7-8,13H,3-4,6H2,1-2H3,(H,11,12). The van der Waals surface area contributed by atoms with Crippen molar-refractivity contribution in [2.45, 2.75) is 24.7 Å². The Hall–Kier alpha value is -1.14. The van der Waals surface area contributed by atoms with E-state index in [0.717, 1.165) is 12.8 Å². The number of hydrogen-bond acceptors (Lipinski definition) is 4. The van der Waals surface area contributed by atoms with Crippen molar-refractivity contribution in [2.75, 3.05) is 18.9 Å². The second kappa shape index (κ2) is 5.81. The van der Waals surface area contributed by atoms with Crippen LogP contribution in [0.1, 0.15) is 19.8 Å². The first-order valence-electron chi connectivity index (χ1n) is 5.23. The molecule has 0 aliphatic heterocycles. The van der Waals surface area contributed by atoms with Crippen molar-refractivity contribution in [3.63, 3.8) is 0 Å². The van der Waals surface area contributed by atoms with Gasteiger partial charge in [0.2, 0.25) is 10.0 Å². The van der Waals surface area contributed by atoms with Crippen molar-refractivity contribution in [1.82, 2.24) is 9.71 Å². The van der Waals surface area contributed by atoms with Crippen molar-refractivity contribution in [1.29, 1.82) is 0 Å². The van der Waals surface area contributed by atoms with Crippen molar-refractivity contribution in [3.05, 3.63) is 18.3 Å². The highest BCUT2D eigenvalue weighted by atomic mass is 32.2. The summed E-state index contributed by atoms with van der Waals surface area (Å²) in [6.45, 7) is 2.48. The van der Waals surface area contributed by atoms with Gasteiger partial charge in [-0.1, -0.05) is 13.3 Å². The molecule has 5 nitrogen and oxygen atoms in total. The lowest BCUT2D eigenvalue weighted by atomic mass is 10.3. The highest BCUT2D eigenvalue weighted by molar-refractivity contribution is 7.89. The Kier molecular flexibility index (Phi) is 4.70. The lowest BCUT2D eigenvalue weighted by Crippen LogP contribution is -2.24. The summed E-state index contributed by atoms with van der Waals surface area (Å²) in [6.07, 6.45) is 3.27. The van der Waals surface area contributed by atoms with Gasteiger partial charge in [0.25, 0.3) is 0 Å². The van der Waals surface area contributed by atoms with Gasteiger partial charge in [0, 0.05) is 25.9 Å². The molecule has 90 valence electrons. The number of pyridine rings is 1.